The van der Waals surface area contributed by atoms with E-state index in [4.69, 9.17) is 5.14 Å². The van der Waals surface area contributed by atoms with Gasteiger partial charge in [0.15, 0.2) is 0 Å². The summed E-state index contributed by atoms with van der Waals surface area (Å²) < 4.78 is 33.1. The Morgan fingerprint density at radius 3 is 2.67 bits per heavy atom. The van der Waals surface area contributed by atoms with Gasteiger partial charge in [0.2, 0.25) is 10.0 Å². The fraction of sp³-hybridized carbons (Fsp3) is 0.444. The normalized spacial score (nSPS) is 15.1. The molecule has 7 nitrogen and oxygen atoms in total. The van der Waals surface area contributed by atoms with Crippen molar-refractivity contribution in [2.45, 2.75) is 17.1 Å². The van der Waals surface area contributed by atoms with Gasteiger partial charge in [-0.2, -0.15) is 0 Å². The molecule has 0 aliphatic heterocycles. The lowest BCUT2D eigenvalue weighted by atomic mass is 10.4. The lowest BCUT2D eigenvalue weighted by Crippen LogP contribution is -2.32. The number of hydrogen-bond acceptors (Lipinski definition) is 4. The molecule has 2 atom stereocenters. The number of carbonyl (C=O) groups is 1. The van der Waals surface area contributed by atoms with Crippen LogP contribution in [0.15, 0.2) is 17.2 Å². The maximum atomic E-state index is 11.6. The predicted octanol–water partition coefficient (Wildman–Crippen LogP) is -0.841. The zero-order chi connectivity index (χ0) is 13.9. The van der Waals surface area contributed by atoms with E-state index in [2.05, 4.69) is 10.3 Å². The molecule has 18 heavy (non-hydrogen) atoms. The molecular formula is C9H15N3O4S2. The van der Waals surface area contributed by atoms with Crippen LogP contribution >= 0.6 is 0 Å². The summed E-state index contributed by atoms with van der Waals surface area (Å²) in [7, 11) is -4.85. The first-order chi connectivity index (χ1) is 8.21. The molecule has 0 saturated carbocycles. The van der Waals surface area contributed by atoms with Crippen molar-refractivity contribution in [1.29, 1.82) is 0 Å². The number of amides is 1. The van der Waals surface area contributed by atoms with Gasteiger partial charge < -0.3 is 10.3 Å². The summed E-state index contributed by atoms with van der Waals surface area (Å²) in [4.78, 5) is 14.0. The smallest absolute Gasteiger partial charge is 0.267 e. The number of hydrogen-bond donors (Lipinski definition) is 3. The zero-order valence-corrected chi connectivity index (χ0v) is 11.6. The molecule has 0 aliphatic rings. The number of nitrogens with two attached hydrogens (primary N) is 1. The summed E-state index contributed by atoms with van der Waals surface area (Å²) in [5.41, 5.74) is 0.0908. The standard InChI is InChI=1S/C9H15N3O4S2/c1-6(17(2)14)4-12-9(13)8-3-7(5-11-8)18(10,15)16/h3,5-6,11H,4H2,1-2H3,(H,12,13)(H2,10,15,16). The van der Waals surface area contributed by atoms with Crippen molar-refractivity contribution < 1.29 is 17.4 Å². The highest BCUT2D eigenvalue weighted by atomic mass is 32.2. The molecular weight excluding hydrogens is 278 g/mol. The van der Waals surface area contributed by atoms with Crippen molar-refractivity contribution in [2.75, 3.05) is 12.8 Å². The van der Waals surface area contributed by atoms with E-state index in [0.29, 0.717) is 0 Å². The molecule has 0 radical (unpaired) electrons. The van der Waals surface area contributed by atoms with Gasteiger partial charge in [0, 0.05) is 35.0 Å². The molecule has 1 aromatic rings. The minimum atomic E-state index is -3.82. The SMILES string of the molecule is CC(CNC(=O)c1cc(S(N)(=O)=O)c[nH]1)S(C)=O. The van der Waals surface area contributed by atoms with E-state index in [-0.39, 0.29) is 22.4 Å². The number of sulfonamides is 1. The largest absolute Gasteiger partial charge is 0.356 e. The number of primary sulfonamides is 1. The molecule has 1 amide bonds. The number of aromatic amines is 1. The van der Waals surface area contributed by atoms with Gasteiger partial charge in [-0.15, -0.1) is 0 Å². The van der Waals surface area contributed by atoms with Crippen LogP contribution < -0.4 is 10.5 Å². The molecule has 0 spiro atoms. The number of rotatable bonds is 5. The van der Waals surface area contributed by atoms with E-state index >= 15 is 0 Å². The summed E-state index contributed by atoms with van der Waals surface area (Å²) in [6, 6.07) is 1.15. The number of nitrogens with one attached hydrogen (secondary N) is 2. The Kier molecular flexibility index (Phi) is 4.65. The Morgan fingerprint density at radius 2 is 2.22 bits per heavy atom. The molecule has 2 unspecified atom stereocenters. The van der Waals surface area contributed by atoms with Crippen LogP contribution in [0.3, 0.4) is 0 Å². The van der Waals surface area contributed by atoms with Crippen molar-refractivity contribution >= 4 is 26.7 Å². The van der Waals surface area contributed by atoms with Gasteiger partial charge in [-0.05, 0) is 13.0 Å². The molecule has 0 saturated heterocycles. The first-order valence-corrected chi connectivity index (χ1v) is 8.20. The number of aromatic nitrogens is 1. The molecule has 1 aromatic heterocycles. The Balaban J connectivity index is 2.69. The molecule has 0 aromatic carbocycles. The van der Waals surface area contributed by atoms with Crippen molar-refractivity contribution in [3.8, 4) is 0 Å². The molecule has 1 heterocycles. The molecule has 9 heteroatoms. The van der Waals surface area contributed by atoms with Gasteiger partial charge in [-0.25, -0.2) is 13.6 Å². The maximum Gasteiger partial charge on any atom is 0.267 e. The van der Waals surface area contributed by atoms with Gasteiger partial charge in [0.25, 0.3) is 5.91 Å². The number of carbonyl (C=O) groups excluding carboxylic acids is 1. The van der Waals surface area contributed by atoms with Crippen LogP contribution in [0.2, 0.25) is 0 Å². The van der Waals surface area contributed by atoms with Crippen LogP contribution in [0.25, 0.3) is 0 Å². The molecule has 0 bridgehead atoms. The lowest BCUT2D eigenvalue weighted by Gasteiger charge is -2.08. The molecule has 102 valence electrons. The van der Waals surface area contributed by atoms with Crippen LogP contribution in [-0.4, -0.2) is 41.6 Å². The maximum absolute atomic E-state index is 11.6. The van der Waals surface area contributed by atoms with Crippen LogP contribution in [0.1, 0.15) is 17.4 Å². The average Bonchev–Trinajstić information content (AvgIpc) is 2.73. The third-order valence-corrected chi connectivity index (χ3v) is 4.54. The first kappa shape index (κ1) is 14.9. The summed E-state index contributed by atoms with van der Waals surface area (Å²) in [5.74, 6) is -0.470. The van der Waals surface area contributed by atoms with Crippen LogP contribution in [0, 0.1) is 0 Å². The second kappa shape index (κ2) is 5.63. The highest BCUT2D eigenvalue weighted by Crippen LogP contribution is 2.08. The molecule has 0 fully saturated rings. The Morgan fingerprint density at radius 1 is 1.61 bits per heavy atom. The third kappa shape index (κ3) is 3.93. The lowest BCUT2D eigenvalue weighted by molar-refractivity contribution is 0.0949. The fourth-order valence-electron chi connectivity index (χ4n) is 1.12. The summed E-state index contributed by atoms with van der Waals surface area (Å²) in [5, 5.41) is 7.28. The van der Waals surface area contributed by atoms with Crippen LogP contribution in [0.5, 0.6) is 0 Å². The average molecular weight is 293 g/mol. The summed E-state index contributed by atoms with van der Waals surface area (Å²) in [6.07, 6.45) is 2.69. The van der Waals surface area contributed by atoms with Gasteiger partial charge in [-0.3, -0.25) is 9.00 Å². The molecule has 0 aliphatic carbocycles. The molecule has 1 rings (SSSR count). The van der Waals surface area contributed by atoms with E-state index in [1.54, 1.807) is 13.2 Å². The van der Waals surface area contributed by atoms with Gasteiger partial charge in [0.05, 0.1) is 4.90 Å². The Bertz CT molecular complexity index is 564. The van der Waals surface area contributed by atoms with Crippen molar-refractivity contribution in [2.24, 2.45) is 5.14 Å². The van der Waals surface area contributed by atoms with Gasteiger partial charge in [-0.1, -0.05) is 0 Å². The fourth-order valence-corrected chi connectivity index (χ4v) is 1.94. The van der Waals surface area contributed by atoms with Crippen molar-refractivity contribution in [1.82, 2.24) is 10.3 Å². The second-order valence-corrected chi connectivity index (χ2v) is 7.18. The van der Waals surface area contributed by atoms with E-state index in [0.717, 1.165) is 12.3 Å². The Labute approximate surface area is 108 Å². The van der Waals surface area contributed by atoms with Gasteiger partial charge >= 0.3 is 0 Å². The monoisotopic (exact) mass is 293 g/mol. The summed E-state index contributed by atoms with van der Waals surface area (Å²) in [6.45, 7) is 1.98. The highest BCUT2D eigenvalue weighted by Gasteiger charge is 2.15. The first-order valence-electron chi connectivity index (χ1n) is 5.03. The van der Waals surface area contributed by atoms with E-state index in [1.165, 1.54) is 0 Å². The highest BCUT2D eigenvalue weighted by molar-refractivity contribution is 7.89. The van der Waals surface area contributed by atoms with Gasteiger partial charge in [0.1, 0.15) is 5.69 Å². The summed E-state index contributed by atoms with van der Waals surface area (Å²) >= 11 is 0. The second-order valence-electron chi connectivity index (χ2n) is 3.81. The van der Waals surface area contributed by atoms with Crippen molar-refractivity contribution in [3.05, 3.63) is 18.0 Å². The van der Waals surface area contributed by atoms with E-state index in [1.807, 2.05) is 0 Å². The minimum Gasteiger partial charge on any atom is -0.356 e. The number of H-pyrrole nitrogens is 1. The quantitative estimate of drug-likeness (QED) is 0.655. The Hall–Kier alpha value is -1.19. The van der Waals surface area contributed by atoms with E-state index in [9.17, 15) is 17.4 Å². The zero-order valence-electron chi connectivity index (χ0n) is 9.97. The topological polar surface area (TPSA) is 122 Å². The van der Waals surface area contributed by atoms with Crippen molar-refractivity contribution in [3.63, 3.8) is 0 Å². The predicted molar refractivity (Wildman–Crippen MR) is 68.0 cm³/mol. The van der Waals surface area contributed by atoms with Crippen LogP contribution in [0.4, 0.5) is 0 Å². The van der Waals surface area contributed by atoms with E-state index < -0.39 is 26.7 Å². The van der Waals surface area contributed by atoms with Crippen LogP contribution in [-0.2, 0) is 20.8 Å². The third-order valence-electron chi connectivity index (χ3n) is 2.35. The minimum absolute atomic E-state index is 0.0908. The molecule has 4 N–H and O–H groups in total.